The van der Waals surface area contributed by atoms with Gasteiger partial charge in [-0.15, -0.1) is 0 Å². The van der Waals surface area contributed by atoms with Crippen molar-refractivity contribution in [2.75, 3.05) is 6.61 Å². The number of hydrogen-bond acceptors (Lipinski definition) is 2. The summed E-state index contributed by atoms with van der Waals surface area (Å²) in [5.41, 5.74) is 1.09. The molecular formula is C28H46O2. The fourth-order valence-corrected chi connectivity index (χ4v) is 10.8. The van der Waals surface area contributed by atoms with Gasteiger partial charge < -0.3 is 9.47 Å². The molecule has 4 aliphatic carbocycles. The zero-order valence-electron chi connectivity index (χ0n) is 20.3. The minimum atomic E-state index is -0.257. The Balaban J connectivity index is 1.29. The first-order chi connectivity index (χ1) is 14.3. The molecule has 6 aliphatic rings. The smallest absolute Gasteiger partial charge is 0.171 e. The van der Waals surface area contributed by atoms with Crippen LogP contribution in [0.25, 0.3) is 0 Å². The summed E-state index contributed by atoms with van der Waals surface area (Å²) < 4.78 is 13.4. The van der Waals surface area contributed by atoms with Crippen LogP contribution in [-0.4, -0.2) is 18.5 Å². The lowest BCUT2D eigenvalue weighted by molar-refractivity contribution is -0.273. The van der Waals surface area contributed by atoms with Gasteiger partial charge in [0.1, 0.15) is 0 Å². The van der Waals surface area contributed by atoms with Gasteiger partial charge in [-0.1, -0.05) is 47.5 Å². The Morgan fingerprint density at radius 2 is 1.60 bits per heavy atom. The third-order valence-electron chi connectivity index (χ3n) is 12.2. The summed E-state index contributed by atoms with van der Waals surface area (Å²) in [5.74, 6) is 6.43. The maximum absolute atomic E-state index is 6.95. The van der Waals surface area contributed by atoms with Crippen LogP contribution in [-0.2, 0) is 9.47 Å². The number of rotatable bonds is 0. The monoisotopic (exact) mass is 414 g/mol. The Hall–Kier alpha value is -0.0800. The van der Waals surface area contributed by atoms with Crippen molar-refractivity contribution >= 4 is 0 Å². The summed E-state index contributed by atoms with van der Waals surface area (Å²) in [5, 5.41) is 0. The van der Waals surface area contributed by atoms with Crippen molar-refractivity contribution in [2.45, 2.75) is 111 Å². The molecule has 170 valence electrons. The SMILES string of the molecule is CC1C[C@H]2[C@@H]3C[C@@H]4O[C@]5(CC[C@@H](C)CO5)[C@@H](C)[C@@H]4[C@@]3(C)CC[C@@H]2[C@@]2(C)CCCCC12. The average Bonchev–Trinajstić information content (AvgIpc) is 3.15. The van der Waals surface area contributed by atoms with Crippen LogP contribution in [0.1, 0.15) is 98.8 Å². The molecule has 2 saturated heterocycles. The molecule has 6 fully saturated rings. The molecule has 0 N–H and O–H groups in total. The molecule has 2 aliphatic heterocycles. The van der Waals surface area contributed by atoms with E-state index >= 15 is 0 Å². The minimum Gasteiger partial charge on any atom is -0.349 e. The maximum atomic E-state index is 6.95. The maximum Gasteiger partial charge on any atom is 0.171 e. The third kappa shape index (κ3) is 2.56. The molecule has 2 heterocycles. The fourth-order valence-electron chi connectivity index (χ4n) is 10.8. The van der Waals surface area contributed by atoms with E-state index in [-0.39, 0.29) is 5.79 Å². The van der Waals surface area contributed by atoms with Gasteiger partial charge in [0.25, 0.3) is 0 Å². The summed E-state index contributed by atoms with van der Waals surface area (Å²) >= 11 is 0. The second kappa shape index (κ2) is 6.72. The Morgan fingerprint density at radius 1 is 0.767 bits per heavy atom. The molecule has 1 spiro atoms. The molecule has 6 rings (SSSR count). The van der Waals surface area contributed by atoms with Crippen molar-refractivity contribution in [3.05, 3.63) is 0 Å². The number of ether oxygens (including phenoxy) is 2. The van der Waals surface area contributed by atoms with Gasteiger partial charge >= 0.3 is 0 Å². The van der Waals surface area contributed by atoms with Gasteiger partial charge in [-0.3, -0.25) is 0 Å². The van der Waals surface area contributed by atoms with Crippen LogP contribution in [0.2, 0.25) is 0 Å². The average molecular weight is 415 g/mol. The van der Waals surface area contributed by atoms with Gasteiger partial charge in [0.15, 0.2) is 5.79 Å². The van der Waals surface area contributed by atoms with E-state index in [0.29, 0.717) is 34.7 Å². The topological polar surface area (TPSA) is 18.5 Å². The Labute approximate surface area is 185 Å². The molecule has 0 aromatic rings. The van der Waals surface area contributed by atoms with Gasteiger partial charge in [0.05, 0.1) is 12.7 Å². The second-order valence-electron chi connectivity index (χ2n) is 13.5. The van der Waals surface area contributed by atoms with Crippen molar-refractivity contribution in [1.82, 2.24) is 0 Å². The second-order valence-corrected chi connectivity index (χ2v) is 13.5. The normalized spacial score (nSPS) is 62.5. The highest BCUT2D eigenvalue weighted by atomic mass is 16.7. The molecule has 4 saturated carbocycles. The summed E-state index contributed by atoms with van der Waals surface area (Å²) in [4.78, 5) is 0. The van der Waals surface area contributed by atoms with E-state index < -0.39 is 0 Å². The Kier molecular flexibility index (Phi) is 4.60. The van der Waals surface area contributed by atoms with E-state index in [1.54, 1.807) is 0 Å². The van der Waals surface area contributed by atoms with E-state index in [2.05, 4.69) is 34.6 Å². The van der Waals surface area contributed by atoms with Gasteiger partial charge in [0, 0.05) is 12.3 Å². The predicted octanol–water partition coefficient (Wildman–Crippen LogP) is 7.07. The minimum absolute atomic E-state index is 0.257. The standard InChI is InChI=1S/C28H46O2/c1-17-9-13-28(29-16-17)19(3)25-24(30-28)15-23-20-14-18(2)21-8-6-7-11-26(21,4)22(20)10-12-27(23,25)5/h17-25H,6-16H2,1-5H3/t17-,18?,19+,20-,21?,22+,23+,24+,25+,26+,27+,28-/m1/s1. The summed E-state index contributed by atoms with van der Waals surface area (Å²) in [6.07, 6.45) is 14.6. The first-order valence-electron chi connectivity index (χ1n) is 13.6. The fraction of sp³-hybridized carbons (Fsp3) is 1.00. The van der Waals surface area contributed by atoms with Crippen LogP contribution < -0.4 is 0 Å². The van der Waals surface area contributed by atoms with Crippen LogP contribution in [0.3, 0.4) is 0 Å². The molecule has 0 amide bonds. The highest BCUT2D eigenvalue weighted by Crippen LogP contribution is 2.71. The van der Waals surface area contributed by atoms with Crippen molar-refractivity contribution in [3.63, 3.8) is 0 Å². The molecule has 2 nitrogen and oxygen atoms in total. The van der Waals surface area contributed by atoms with E-state index in [4.69, 9.17) is 9.47 Å². The highest BCUT2D eigenvalue weighted by molar-refractivity contribution is 5.15. The summed E-state index contributed by atoms with van der Waals surface area (Å²) in [7, 11) is 0. The zero-order chi connectivity index (χ0) is 20.9. The van der Waals surface area contributed by atoms with Crippen LogP contribution in [0.4, 0.5) is 0 Å². The van der Waals surface area contributed by atoms with Crippen LogP contribution in [0, 0.1) is 58.2 Å². The van der Waals surface area contributed by atoms with Crippen molar-refractivity contribution in [1.29, 1.82) is 0 Å². The largest absolute Gasteiger partial charge is 0.349 e. The number of hydrogen-bond donors (Lipinski definition) is 0. The summed E-state index contributed by atoms with van der Waals surface area (Å²) in [6.45, 7) is 13.7. The molecule has 0 bridgehead atoms. The lowest BCUT2D eigenvalue weighted by atomic mass is 9.42. The molecule has 0 aromatic heterocycles. The van der Waals surface area contributed by atoms with Crippen LogP contribution >= 0.6 is 0 Å². The Bertz CT molecular complexity index is 680. The Morgan fingerprint density at radius 3 is 2.37 bits per heavy atom. The number of fused-ring (bicyclic) bond motifs is 7. The molecule has 0 radical (unpaired) electrons. The quantitative estimate of drug-likeness (QED) is 0.422. The summed E-state index contributed by atoms with van der Waals surface area (Å²) in [6, 6.07) is 0. The van der Waals surface area contributed by atoms with Crippen LogP contribution in [0.15, 0.2) is 0 Å². The molecule has 2 unspecified atom stereocenters. The molecule has 12 atom stereocenters. The van der Waals surface area contributed by atoms with Gasteiger partial charge in [0.2, 0.25) is 0 Å². The molecular weight excluding hydrogens is 368 g/mol. The predicted molar refractivity (Wildman–Crippen MR) is 121 cm³/mol. The third-order valence-corrected chi connectivity index (χ3v) is 12.2. The van der Waals surface area contributed by atoms with Gasteiger partial charge in [-0.25, -0.2) is 0 Å². The lowest BCUT2D eigenvalue weighted by Crippen LogP contribution is -2.56. The van der Waals surface area contributed by atoms with Gasteiger partial charge in [-0.05, 0) is 97.2 Å². The van der Waals surface area contributed by atoms with Crippen molar-refractivity contribution in [2.24, 2.45) is 58.2 Å². The first kappa shape index (κ1) is 20.5. The van der Waals surface area contributed by atoms with Crippen LogP contribution in [0.5, 0.6) is 0 Å². The first-order valence-corrected chi connectivity index (χ1v) is 13.6. The van der Waals surface area contributed by atoms with Crippen molar-refractivity contribution in [3.8, 4) is 0 Å². The molecule has 2 heteroatoms. The van der Waals surface area contributed by atoms with E-state index in [1.807, 2.05) is 0 Å². The highest BCUT2D eigenvalue weighted by Gasteiger charge is 2.69. The van der Waals surface area contributed by atoms with E-state index in [0.717, 1.165) is 42.6 Å². The van der Waals surface area contributed by atoms with Gasteiger partial charge in [-0.2, -0.15) is 0 Å². The van der Waals surface area contributed by atoms with E-state index in [9.17, 15) is 0 Å². The van der Waals surface area contributed by atoms with Crippen molar-refractivity contribution < 1.29 is 9.47 Å². The lowest BCUT2D eigenvalue weighted by Gasteiger charge is -2.62. The zero-order valence-corrected chi connectivity index (χ0v) is 20.3. The molecule has 30 heavy (non-hydrogen) atoms. The molecule has 0 aromatic carbocycles. The van der Waals surface area contributed by atoms with E-state index in [1.165, 1.54) is 57.8 Å².